The van der Waals surface area contributed by atoms with Crippen LogP contribution < -0.4 is 0 Å². The summed E-state index contributed by atoms with van der Waals surface area (Å²) in [6.45, 7) is 9.83. The summed E-state index contributed by atoms with van der Waals surface area (Å²) in [4.78, 5) is 5.04. The normalized spacial score (nSPS) is 22.3. The number of hydrogen-bond donors (Lipinski definition) is 1. The molecule has 0 bridgehead atoms. The SMILES string of the molecule is CCCN1C[C@H](C)N([C@H](c2cccc(O)c2)c2ccccc2C#N)C[C@H]1C. The second-order valence-corrected chi connectivity index (χ2v) is 7.59. The first-order valence-corrected chi connectivity index (χ1v) is 9.82. The zero-order chi connectivity index (χ0) is 19.4. The van der Waals surface area contributed by atoms with Gasteiger partial charge in [0.1, 0.15) is 5.75 Å². The van der Waals surface area contributed by atoms with Crippen molar-refractivity contribution in [3.63, 3.8) is 0 Å². The molecular weight excluding hydrogens is 334 g/mol. The number of piperazine rings is 1. The molecule has 1 saturated heterocycles. The predicted octanol–water partition coefficient (Wildman–Crippen LogP) is 4.16. The molecule has 0 saturated carbocycles. The molecule has 2 aromatic carbocycles. The average Bonchev–Trinajstić information content (AvgIpc) is 2.66. The molecule has 0 aliphatic carbocycles. The van der Waals surface area contributed by atoms with E-state index >= 15 is 0 Å². The highest BCUT2D eigenvalue weighted by molar-refractivity contribution is 5.45. The fourth-order valence-corrected chi connectivity index (χ4v) is 4.27. The number of benzene rings is 2. The van der Waals surface area contributed by atoms with Gasteiger partial charge in [0.05, 0.1) is 17.7 Å². The van der Waals surface area contributed by atoms with E-state index in [1.165, 1.54) is 0 Å². The van der Waals surface area contributed by atoms with Crippen LogP contribution in [0.25, 0.3) is 0 Å². The number of aromatic hydroxyl groups is 1. The maximum Gasteiger partial charge on any atom is 0.115 e. The Morgan fingerprint density at radius 1 is 1.11 bits per heavy atom. The zero-order valence-corrected chi connectivity index (χ0v) is 16.5. The minimum atomic E-state index is -0.0471. The summed E-state index contributed by atoms with van der Waals surface area (Å²) >= 11 is 0. The molecule has 1 N–H and O–H groups in total. The van der Waals surface area contributed by atoms with E-state index in [1.807, 2.05) is 42.5 Å². The molecule has 142 valence electrons. The van der Waals surface area contributed by atoms with Crippen molar-refractivity contribution in [1.29, 1.82) is 5.26 Å². The van der Waals surface area contributed by atoms with Gasteiger partial charge in [-0.3, -0.25) is 9.80 Å². The first-order chi connectivity index (χ1) is 13.0. The standard InChI is InChI=1S/C23H29N3O/c1-4-12-25-15-18(3)26(16-17(25)2)23(19-9-7-10-21(27)13-19)22-11-6-5-8-20(22)14-24/h5-11,13,17-18,23,27H,4,12,15-16H2,1-3H3/t17-,18+,23-/m1/s1. The van der Waals surface area contributed by atoms with E-state index < -0.39 is 0 Å². The van der Waals surface area contributed by atoms with Gasteiger partial charge in [-0.2, -0.15) is 5.26 Å². The van der Waals surface area contributed by atoms with E-state index in [4.69, 9.17) is 0 Å². The molecule has 1 aliphatic rings. The van der Waals surface area contributed by atoms with Crippen LogP contribution in [0.3, 0.4) is 0 Å². The number of nitriles is 1. The quantitative estimate of drug-likeness (QED) is 0.867. The lowest BCUT2D eigenvalue weighted by Gasteiger charge is -2.47. The van der Waals surface area contributed by atoms with Gasteiger partial charge in [0.2, 0.25) is 0 Å². The maximum atomic E-state index is 10.1. The lowest BCUT2D eigenvalue weighted by atomic mass is 9.90. The van der Waals surface area contributed by atoms with Crippen molar-refractivity contribution in [2.45, 2.75) is 45.3 Å². The van der Waals surface area contributed by atoms with Crippen LogP contribution in [-0.2, 0) is 0 Å². The van der Waals surface area contributed by atoms with Crippen molar-refractivity contribution in [2.75, 3.05) is 19.6 Å². The Hall–Kier alpha value is -2.35. The van der Waals surface area contributed by atoms with E-state index in [0.717, 1.165) is 37.2 Å². The summed E-state index contributed by atoms with van der Waals surface area (Å²) in [5.41, 5.74) is 2.73. The monoisotopic (exact) mass is 363 g/mol. The summed E-state index contributed by atoms with van der Waals surface area (Å²) < 4.78 is 0. The van der Waals surface area contributed by atoms with Crippen LogP contribution in [0.2, 0.25) is 0 Å². The van der Waals surface area contributed by atoms with Crippen molar-refractivity contribution in [3.05, 3.63) is 65.2 Å². The third kappa shape index (κ3) is 4.16. The van der Waals surface area contributed by atoms with Crippen molar-refractivity contribution >= 4 is 0 Å². The third-order valence-corrected chi connectivity index (χ3v) is 5.57. The summed E-state index contributed by atoms with van der Waals surface area (Å²) in [5, 5.41) is 19.7. The Labute approximate surface area is 162 Å². The molecule has 4 nitrogen and oxygen atoms in total. The number of hydrogen-bond acceptors (Lipinski definition) is 4. The van der Waals surface area contributed by atoms with Crippen LogP contribution in [0, 0.1) is 11.3 Å². The first kappa shape index (κ1) is 19.4. The van der Waals surface area contributed by atoms with Crippen LogP contribution in [0.15, 0.2) is 48.5 Å². The molecule has 27 heavy (non-hydrogen) atoms. The van der Waals surface area contributed by atoms with Gasteiger partial charge in [-0.15, -0.1) is 0 Å². The molecule has 0 spiro atoms. The van der Waals surface area contributed by atoms with Crippen LogP contribution >= 0.6 is 0 Å². The van der Waals surface area contributed by atoms with Crippen LogP contribution in [0.1, 0.15) is 49.9 Å². The number of phenolic OH excluding ortho intramolecular Hbond substituents is 1. The fraction of sp³-hybridized carbons (Fsp3) is 0.435. The average molecular weight is 364 g/mol. The van der Waals surface area contributed by atoms with E-state index in [1.54, 1.807) is 6.07 Å². The zero-order valence-electron chi connectivity index (χ0n) is 16.5. The van der Waals surface area contributed by atoms with E-state index in [-0.39, 0.29) is 11.8 Å². The lowest BCUT2D eigenvalue weighted by Crippen LogP contribution is -2.57. The number of rotatable bonds is 5. The smallest absolute Gasteiger partial charge is 0.115 e. The van der Waals surface area contributed by atoms with Gasteiger partial charge >= 0.3 is 0 Å². The molecule has 2 aromatic rings. The highest BCUT2D eigenvalue weighted by atomic mass is 16.3. The largest absolute Gasteiger partial charge is 0.508 e. The van der Waals surface area contributed by atoms with Gasteiger partial charge in [0, 0.05) is 25.2 Å². The Morgan fingerprint density at radius 3 is 2.59 bits per heavy atom. The second kappa shape index (κ2) is 8.56. The summed E-state index contributed by atoms with van der Waals surface area (Å²) in [5.74, 6) is 0.261. The van der Waals surface area contributed by atoms with Gasteiger partial charge in [0.25, 0.3) is 0 Å². The summed E-state index contributed by atoms with van der Waals surface area (Å²) in [7, 11) is 0. The van der Waals surface area contributed by atoms with Crippen molar-refractivity contribution in [3.8, 4) is 11.8 Å². The Balaban J connectivity index is 2.04. The van der Waals surface area contributed by atoms with Crippen LogP contribution in [0.4, 0.5) is 0 Å². The Bertz CT molecular complexity index is 813. The van der Waals surface area contributed by atoms with Gasteiger partial charge in [-0.25, -0.2) is 0 Å². The van der Waals surface area contributed by atoms with E-state index in [2.05, 4.69) is 36.6 Å². The topological polar surface area (TPSA) is 50.5 Å². The molecule has 3 atom stereocenters. The molecule has 0 amide bonds. The van der Waals surface area contributed by atoms with Crippen molar-refractivity contribution < 1.29 is 5.11 Å². The first-order valence-electron chi connectivity index (χ1n) is 9.82. The fourth-order valence-electron chi connectivity index (χ4n) is 4.27. The predicted molar refractivity (Wildman–Crippen MR) is 109 cm³/mol. The van der Waals surface area contributed by atoms with E-state index in [0.29, 0.717) is 17.6 Å². The molecule has 0 aromatic heterocycles. The van der Waals surface area contributed by atoms with Crippen molar-refractivity contribution in [2.24, 2.45) is 0 Å². The lowest BCUT2D eigenvalue weighted by molar-refractivity contribution is 0.0241. The highest BCUT2D eigenvalue weighted by Crippen LogP contribution is 2.35. The van der Waals surface area contributed by atoms with Gasteiger partial charge in [-0.1, -0.05) is 37.3 Å². The highest BCUT2D eigenvalue weighted by Gasteiger charge is 2.35. The molecule has 0 radical (unpaired) electrons. The molecular formula is C23H29N3O. The Morgan fingerprint density at radius 2 is 1.89 bits per heavy atom. The Kier molecular flexibility index (Phi) is 6.15. The molecule has 0 unspecified atom stereocenters. The van der Waals surface area contributed by atoms with Crippen LogP contribution in [0.5, 0.6) is 5.75 Å². The molecule has 4 heteroatoms. The van der Waals surface area contributed by atoms with Gasteiger partial charge in [-0.05, 0) is 56.1 Å². The van der Waals surface area contributed by atoms with Gasteiger partial charge < -0.3 is 5.11 Å². The van der Waals surface area contributed by atoms with Gasteiger partial charge in [0.15, 0.2) is 0 Å². The van der Waals surface area contributed by atoms with E-state index in [9.17, 15) is 10.4 Å². The molecule has 1 fully saturated rings. The molecule has 1 aliphatic heterocycles. The second-order valence-electron chi connectivity index (χ2n) is 7.59. The minimum absolute atomic E-state index is 0.0471. The number of phenols is 1. The molecule has 1 heterocycles. The maximum absolute atomic E-state index is 10.1. The summed E-state index contributed by atoms with van der Waals surface area (Å²) in [6, 6.07) is 18.4. The molecule has 3 rings (SSSR count). The number of nitrogens with zero attached hydrogens (tertiary/aromatic N) is 3. The van der Waals surface area contributed by atoms with Crippen LogP contribution in [-0.4, -0.2) is 46.6 Å². The minimum Gasteiger partial charge on any atom is -0.508 e. The third-order valence-electron chi connectivity index (χ3n) is 5.57. The van der Waals surface area contributed by atoms with Crippen molar-refractivity contribution in [1.82, 2.24) is 9.80 Å². The summed E-state index contributed by atoms with van der Waals surface area (Å²) in [6.07, 6.45) is 1.16.